The molecule has 2 aromatic rings. The summed E-state index contributed by atoms with van der Waals surface area (Å²) in [5, 5.41) is 6.39. The van der Waals surface area contributed by atoms with Gasteiger partial charge in [0, 0.05) is 37.7 Å². The van der Waals surface area contributed by atoms with Gasteiger partial charge in [0.05, 0.1) is 24.6 Å². The highest BCUT2D eigenvalue weighted by Gasteiger charge is 2.46. The molecule has 0 unspecified atom stereocenters. The Kier molecular flexibility index (Phi) is 5.10. The molecule has 2 amide bonds. The van der Waals surface area contributed by atoms with Crippen molar-refractivity contribution in [3.8, 4) is 5.88 Å². The van der Waals surface area contributed by atoms with Crippen LogP contribution in [0, 0.1) is 0 Å². The summed E-state index contributed by atoms with van der Waals surface area (Å²) in [7, 11) is 3.60. The molecule has 2 aliphatic rings. The van der Waals surface area contributed by atoms with Crippen LogP contribution in [0.4, 0.5) is 11.4 Å². The number of fused-ring (bicyclic) bond motifs is 1. The molecule has 4 rings (SSSR count). The summed E-state index contributed by atoms with van der Waals surface area (Å²) in [5.74, 6) is 0.0944. The van der Waals surface area contributed by atoms with E-state index in [0.29, 0.717) is 17.1 Å². The lowest BCUT2D eigenvalue weighted by Crippen LogP contribution is -2.65. The predicted octanol–water partition coefficient (Wildman–Crippen LogP) is 2.02. The average Bonchev–Trinajstić information content (AvgIpc) is 2.74. The van der Waals surface area contributed by atoms with Crippen LogP contribution in [-0.4, -0.2) is 66.1 Å². The third-order valence-corrected chi connectivity index (χ3v) is 5.63. The Hall–Kier alpha value is -3.13. The lowest BCUT2D eigenvalue weighted by molar-refractivity contribution is -0.118. The van der Waals surface area contributed by atoms with Crippen LogP contribution in [-0.2, 0) is 4.79 Å². The Bertz CT molecular complexity index is 907. The van der Waals surface area contributed by atoms with Crippen LogP contribution < -0.4 is 15.4 Å². The predicted molar refractivity (Wildman–Crippen MR) is 110 cm³/mol. The fourth-order valence-corrected chi connectivity index (χ4v) is 3.96. The zero-order valence-electron chi connectivity index (χ0n) is 16.6. The normalized spacial score (nSPS) is 18.1. The molecule has 2 aliphatic heterocycles. The van der Waals surface area contributed by atoms with Gasteiger partial charge in [0.2, 0.25) is 11.8 Å². The minimum absolute atomic E-state index is 0.0318. The number of nitrogens with zero attached hydrogens (tertiary/aromatic N) is 3. The van der Waals surface area contributed by atoms with Crippen molar-refractivity contribution in [2.75, 3.05) is 44.4 Å². The van der Waals surface area contributed by atoms with E-state index in [1.165, 1.54) is 13.3 Å². The van der Waals surface area contributed by atoms with Gasteiger partial charge in [0.15, 0.2) is 0 Å². The van der Waals surface area contributed by atoms with Gasteiger partial charge in [0.1, 0.15) is 12.2 Å². The molecule has 1 spiro atoms. The molecule has 1 aromatic heterocycles. The maximum atomic E-state index is 13.3. The molecule has 8 nitrogen and oxygen atoms in total. The van der Waals surface area contributed by atoms with Gasteiger partial charge in [-0.05, 0) is 25.2 Å². The number of benzene rings is 1. The van der Waals surface area contributed by atoms with E-state index in [9.17, 15) is 9.59 Å². The number of methoxy groups -OCH3 is 1. The van der Waals surface area contributed by atoms with E-state index in [4.69, 9.17) is 4.74 Å². The molecule has 2 N–H and O–H groups in total. The van der Waals surface area contributed by atoms with E-state index in [-0.39, 0.29) is 18.4 Å². The number of ether oxygens (including phenoxy) is 1. The van der Waals surface area contributed by atoms with Crippen molar-refractivity contribution in [1.82, 2.24) is 14.8 Å². The van der Waals surface area contributed by atoms with Crippen molar-refractivity contribution in [3.63, 3.8) is 0 Å². The van der Waals surface area contributed by atoms with Crippen molar-refractivity contribution in [3.05, 3.63) is 48.2 Å². The molecule has 0 aliphatic carbocycles. The summed E-state index contributed by atoms with van der Waals surface area (Å²) >= 11 is 0. The zero-order chi connectivity index (χ0) is 20.4. The highest BCUT2D eigenvalue weighted by molar-refractivity contribution is 6.04. The lowest BCUT2D eigenvalue weighted by atomic mass is 9.90. The first-order valence-corrected chi connectivity index (χ1v) is 9.68. The number of aromatic nitrogens is 1. The fraction of sp³-hybridized carbons (Fsp3) is 0.381. The molecule has 1 saturated heterocycles. The minimum Gasteiger partial charge on any atom is -0.481 e. The van der Waals surface area contributed by atoms with Gasteiger partial charge >= 0.3 is 0 Å². The van der Waals surface area contributed by atoms with Gasteiger partial charge in [-0.1, -0.05) is 12.1 Å². The monoisotopic (exact) mass is 395 g/mol. The van der Waals surface area contributed by atoms with Gasteiger partial charge in [-0.25, -0.2) is 4.98 Å². The molecule has 0 bridgehead atoms. The quantitative estimate of drug-likeness (QED) is 0.824. The smallest absolute Gasteiger partial charge is 0.258 e. The Morgan fingerprint density at radius 3 is 2.69 bits per heavy atom. The molecule has 152 valence electrons. The van der Waals surface area contributed by atoms with Gasteiger partial charge in [-0.15, -0.1) is 0 Å². The number of para-hydroxylation sites is 1. The number of amides is 2. The van der Waals surface area contributed by atoms with Crippen molar-refractivity contribution >= 4 is 23.2 Å². The molecule has 1 aromatic carbocycles. The zero-order valence-corrected chi connectivity index (χ0v) is 16.6. The fourth-order valence-electron chi connectivity index (χ4n) is 3.96. The average molecular weight is 395 g/mol. The summed E-state index contributed by atoms with van der Waals surface area (Å²) in [4.78, 5) is 34.1. The number of pyridine rings is 1. The van der Waals surface area contributed by atoms with Crippen molar-refractivity contribution < 1.29 is 14.3 Å². The van der Waals surface area contributed by atoms with Crippen molar-refractivity contribution in [2.24, 2.45) is 0 Å². The highest BCUT2D eigenvalue weighted by atomic mass is 16.5. The lowest BCUT2D eigenvalue weighted by Gasteiger charge is -2.51. The van der Waals surface area contributed by atoms with Gasteiger partial charge in [-0.2, -0.15) is 0 Å². The number of anilines is 2. The number of carbonyl (C=O) groups is 2. The van der Waals surface area contributed by atoms with Crippen LogP contribution in [0.3, 0.4) is 0 Å². The first-order valence-electron chi connectivity index (χ1n) is 9.68. The van der Waals surface area contributed by atoms with Crippen LogP contribution in [0.15, 0.2) is 42.6 Å². The summed E-state index contributed by atoms with van der Waals surface area (Å²) in [6.07, 6.45) is 3.04. The Balaban J connectivity index is 1.57. The number of carbonyl (C=O) groups excluding carboxylic acids is 2. The summed E-state index contributed by atoms with van der Waals surface area (Å²) in [6.45, 7) is 1.67. The van der Waals surface area contributed by atoms with Gasteiger partial charge in [0.25, 0.3) is 5.91 Å². The molecule has 1 fully saturated rings. The molecule has 0 radical (unpaired) electrons. The standard InChI is InChI=1S/C21H25N5O3/c1-25-11-9-21(10-12-25)24-17-6-4-3-5-16(17)20(28)26(21)14-18(27)23-15-7-8-19(29-2)22-13-15/h3-8,13,24H,9-12,14H2,1-2H3,(H,23,27). The van der Waals surface area contributed by atoms with Crippen LogP contribution in [0.25, 0.3) is 0 Å². The Labute approximate surface area is 169 Å². The molecule has 29 heavy (non-hydrogen) atoms. The summed E-state index contributed by atoms with van der Waals surface area (Å²) in [6, 6.07) is 10.9. The van der Waals surface area contributed by atoms with E-state index in [1.54, 1.807) is 23.1 Å². The molecule has 0 atom stereocenters. The van der Waals surface area contributed by atoms with Crippen molar-refractivity contribution in [2.45, 2.75) is 18.5 Å². The second kappa shape index (κ2) is 7.71. The molecular formula is C21H25N5O3. The van der Waals surface area contributed by atoms with E-state index in [2.05, 4.69) is 27.6 Å². The second-order valence-electron chi connectivity index (χ2n) is 7.53. The molecule has 3 heterocycles. The second-order valence-corrected chi connectivity index (χ2v) is 7.53. The first-order chi connectivity index (χ1) is 14.0. The number of hydrogen-bond acceptors (Lipinski definition) is 6. The van der Waals surface area contributed by atoms with Crippen LogP contribution in [0.2, 0.25) is 0 Å². The highest BCUT2D eigenvalue weighted by Crippen LogP contribution is 2.37. The number of nitrogens with one attached hydrogen (secondary N) is 2. The SMILES string of the molecule is COc1ccc(NC(=O)CN2C(=O)c3ccccc3NC23CCN(C)CC3)cn1. The molecule has 0 saturated carbocycles. The van der Waals surface area contributed by atoms with Crippen LogP contribution in [0.1, 0.15) is 23.2 Å². The largest absolute Gasteiger partial charge is 0.481 e. The van der Waals surface area contributed by atoms with Gasteiger partial charge < -0.3 is 25.2 Å². The first kappa shape index (κ1) is 19.2. The number of rotatable bonds is 4. The Morgan fingerprint density at radius 1 is 1.24 bits per heavy atom. The third-order valence-electron chi connectivity index (χ3n) is 5.63. The Morgan fingerprint density at radius 2 is 2.00 bits per heavy atom. The van der Waals surface area contributed by atoms with E-state index in [0.717, 1.165) is 31.6 Å². The van der Waals surface area contributed by atoms with Crippen LogP contribution in [0.5, 0.6) is 5.88 Å². The van der Waals surface area contributed by atoms with Crippen LogP contribution >= 0.6 is 0 Å². The molecule has 8 heteroatoms. The van der Waals surface area contributed by atoms with E-state index in [1.807, 2.05) is 18.2 Å². The third kappa shape index (κ3) is 3.75. The van der Waals surface area contributed by atoms with Crippen molar-refractivity contribution in [1.29, 1.82) is 0 Å². The van der Waals surface area contributed by atoms with E-state index < -0.39 is 5.66 Å². The number of likely N-dealkylation sites (tertiary alicyclic amines) is 1. The van der Waals surface area contributed by atoms with Gasteiger partial charge in [-0.3, -0.25) is 9.59 Å². The summed E-state index contributed by atoms with van der Waals surface area (Å²) in [5.41, 5.74) is 1.42. The number of piperidine rings is 1. The maximum absolute atomic E-state index is 13.3. The number of hydrogen-bond donors (Lipinski definition) is 2. The maximum Gasteiger partial charge on any atom is 0.258 e. The minimum atomic E-state index is -0.562. The topological polar surface area (TPSA) is 86.8 Å². The van der Waals surface area contributed by atoms with E-state index >= 15 is 0 Å². The molecular weight excluding hydrogens is 370 g/mol. The summed E-state index contributed by atoms with van der Waals surface area (Å²) < 4.78 is 5.04.